The molecule has 0 saturated carbocycles. The topological polar surface area (TPSA) is 249 Å². The van der Waals surface area contributed by atoms with E-state index in [1.165, 1.54) is 17.2 Å². The normalized spacial score (nSPS) is 24.1. The van der Waals surface area contributed by atoms with Gasteiger partial charge in [-0.25, -0.2) is 15.0 Å². The number of carboxylic acids is 2. The van der Waals surface area contributed by atoms with E-state index in [9.17, 15) is 24.9 Å². The zero-order valence-corrected chi connectivity index (χ0v) is 21.6. The average molecular weight is 548 g/mol. The largest absolute Gasteiger partial charge is 0.548 e. The van der Waals surface area contributed by atoms with E-state index in [1.807, 2.05) is 12.5 Å². The second-order valence-electron chi connectivity index (χ2n) is 8.22. The second kappa shape index (κ2) is 13.9. The maximum absolute atomic E-state index is 10.8. The third-order valence-electron chi connectivity index (χ3n) is 5.48. The van der Waals surface area contributed by atoms with Crippen LogP contribution in [0.1, 0.15) is 19.1 Å². The van der Waals surface area contributed by atoms with Gasteiger partial charge in [-0.1, -0.05) is 0 Å². The predicted molar refractivity (Wildman–Crippen MR) is 135 cm³/mol. The van der Waals surface area contributed by atoms with Gasteiger partial charge in [0, 0.05) is 12.5 Å². The van der Waals surface area contributed by atoms with Gasteiger partial charge >= 0.3 is 5.97 Å². The maximum Gasteiger partial charge on any atom is 0.320 e. The zero-order valence-electron chi connectivity index (χ0n) is 20.0. The minimum absolute atomic E-state index is 0.216. The van der Waals surface area contributed by atoms with Crippen LogP contribution in [-0.2, 0) is 25.2 Å². The number of nitrogen functional groups attached to an aromatic ring is 1. The number of thioether (sulfide) groups is 1. The SMILES string of the molecule is CSCC[C@H](N)C(=O)[O-].C[S+](CC[C@H](N)C(=O)O)C[C@H]1O[C@@H](n2cnc3c(N)ncnc32)[C@H](O)[C@@H]1O. The number of carbonyl (C=O) groups is 2. The van der Waals surface area contributed by atoms with Gasteiger partial charge in [-0.05, 0) is 29.3 Å². The molecule has 0 spiro atoms. The highest BCUT2D eigenvalue weighted by Gasteiger charge is 2.46. The molecule has 1 aliphatic heterocycles. The standard InChI is InChI=1S/C15H22N6O5S.C5H11NO2S/c1-27(3-2-7(16)15(24)25)4-8-10(22)11(23)14(26-8)21-6-20-9-12(17)18-5-19-13(9)21;1-9-3-2-4(6)5(7)8/h5-8,10-11,14,22-23H,2-4,16H2,1H3,(H2-,17,18,19,24,25);4H,2-3,6H2,1H3,(H,7,8)/t7-,8+,10+,11+,14+,27?;4-/m00/s1. The van der Waals surface area contributed by atoms with Gasteiger partial charge in [0.15, 0.2) is 17.7 Å². The number of hydrogen-bond acceptors (Lipinski definition) is 13. The van der Waals surface area contributed by atoms with Crippen molar-refractivity contribution in [1.29, 1.82) is 0 Å². The van der Waals surface area contributed by atoms with Crippen molar-refractivity contribution in [1.82, 2.24) is 19.5 Å². The Bertz CT molecular complexity index is 1010. The first-order valence-corrected chi connectivity index (χ1v) is 14.3. The van der Waals surface area contributed by atoms with E-state index in [0.29, 0.717) is 35.5 Å². The number of anilines is 1. The van der Waals surface area contributed by atoms with Crippen LogP contribution in [-0.4, -0.2) is 107 Å². The van der Waals surface area contributed by atoms with Crippen LogP contribution in [0.25, 0.3) is 11.2 Å². The number of rotatable bonds is 11. The minimum Gasteiger partial charge on any atom is -0.548 e. The van der Waals surface area contributed by atoms with Crippen LogP contribution < -0.4 is 22.3 Å². The summed E-state index contributed by atoms with van der Waals surface area (Å²) in [7, 11) is -0.235. The first kappa shape index (κ1) is 30.0. The molecule has 3 rings (SSSR count). The Morgan fingerprint density at radius 3 is 2.53 bits per heavy atom. The summed E-state index contributed by atoms with van der Waals surface area (Å²) in [6.45, 7) is 0. The van der Waals surface area contributed by atoms with Crippen LogP contribution in [0.3, 0.4) is 0 Å². The summed E-state index contributed by atoms with van der Waals surface area (Å²) in [5.74, 6) is -0.136. The number of aromatic nitrogens is 4. The van der Waals surface area contributed by atoms with E-state index in [0.717, 1.165) is 5.75 Å². The molecule has 16 heteroatoms. The smallest absolute Gasteiger partial charge is 0.320 e. The van der Waals surface area contributed by atoms with Gasteiger partial charge in [-0.15, -0.1) is 0 Å². The summed E-state index contributed by atoms with van der Waals surface area (Å²) in [6, 6.07) is -1.70. The van der Waals surface area contributed by atoms with E-state index in [4.69, 9.17) is 27.0 Å². The molecule has 9 N–H and O–H groups in total. The molecule has 1 aliphatic rings. The van der Waals surface area contributed by atoms with Crippen molar-refractivity contribution >= 4 is 51.6 Å². The van der Waals surface area contributed by atoms with Gasteiger partial charge in [0.1, 0.15) is 47.7 Å². The van der Waals surface area contributed by atoms with Gasteiger partial charge in [0.2, 0.25) is 0 Å². The third kappa shape index (κ3) is 7.89. The number of nitrogens with two attached hydrogens (primary N) is 3. The fraction of sp³-hybridized carbons (Fsp3) is 0.650. The summed E-state index contributed by atoms with van der Waals surface area (Å²) >= 11 is 1.58. The second-order valence-corrected chi connectivity index (χ2v) is 11.5. The lowest BCUT2D eigenvalue weighted by Crippen LogP contribution is -2.42. The first-order valence-electron chi connectivity index (χ1n) is 10.9. The van der Waals surface area contributed by atoms with Crippen molar-refractivity contribution in [3.63, 3.8) is 0 Å². The molecule has 0 aromatic carbocycles. The van der Waals surface area contributed by atoms with E-state index < -0.39 is 48.6 Å². The molecule has 2 aromatic rings. The van der Waals surface area contributed by atoms with Gasteiger partial charge in [-0.3, -0.25) is 9.36 Å². The number of aliphatic hydroxyl groups is 2. The molecule has 36 heavy (non-hydrogen) atoms. The summed E-state index contributed by atoms with van der Waals surface area (Å²) < 4.78 is 7.41. The Morgan fingerprint density at radius 1 is 1.22 bits per heavy atom. The van der Waals surface area contributed by atoms with Crippen LogP contribution in [0.2, 0.25) is 0 Å². The number of fused-ring (bicyclic) bond motifs is 1. The van der Waals surface area contributed by atoms with Gasteiger partial charge in [0.25, 0.3) is 0 Å². The van der Waals surface area contributed by atoms with Crippen LogP contribution in [0.5, 0.6) is 0 Å². The summed E-state index contributed by atoms with van der Waals surface area (Å²) in [6.07, 6.45) is 3.70. The number of carboxylic acid groups (broad SMARTS) is 2. The van der Waals surface area contributed by atoms with Crippen molar-refractivity contribution in [3.05, 3.63) is 12.7 Å². The molecule has 1 saturated heterocycles. The van der Waals surface area contributed by atoms with E-state index in [-0.39, 0.29) is 16.7 Å². The Labute approximate surface area is 215 Å². The number of carbonyl (C=O) groups excluding carboxylic acids is 1. The average Bonchev–Trinajstić information content (AvgIpc) is 3.38. The number of ether oxygens (including phenoxy) is 1. The van der Waals surface area contributed by atoms with Gasteiger partial charge in [-0.2, -0.15) is 11.8 Å². The molecule has 7 atom stereocenters. The first-order chi connectivity index (χ1) is 17.0. The van der Waals surface area contributed by atoms with Crippen molar-refractivity contribution in [2.24, 2.45) is 11.5 Å². The van der Waals surface area contributed by atoms with Gasteiger partial charge < -0.3 is 47.2 Å². The number of aliphatic carboxylic acids is 2. The van der Waals surface area contributed by atoms with Crippen molar-refractivity contribution in [2.75, 3.05) is 35.5 Å². The Balaban J connectivity index is 0.000000434. The predicted octanol–water partition coefficient (Wildman–Crippen LogP) is -3.11. The van der Waals surface area contributed by atoms with Crippen LogP contribution in [0, 0.1) is 0 Å². The zero-order chi connectivity index (χ0) is 27.0. The van der Waals surface area contributed by atoms with E-state index >= 15 is 0 Å². The molecular formula is C20H33N7O7S2. The Kier molecular flexibility index (Phi) is 11.6. The summed E-state index contributed by atoms with van der Waals surface area (Å²) in [4.78, 5) is 32.9. The molecule has 0 bridgehead atoms. The maximum atomic E-state index is 10.8. The molecule has 14 nitrogen and oxygen atoms in total. The van der Waals surface area contributed by atoms with Crippen LogP contribution >= 0.6 is 11.8 Å². The molecule has 0 aliphatic carbocycles. The number of nitrogens with zero attached hydrogens (tertiary/aromatic N) is 4. The fourth-order valence-electron chi connectivity index (χ4n) is 3.33. The molecule has 3 heterocycles. The Hall–Kier alpha value is -2.21. The summed E-state index contributed by atoms with van der Waals surface area (Å²) in [5, 5.41) is 39.6. The van der Waals surface area contributed by atoms with E-state index in [1.54, 1.807) is 11.8 Å². The van der Waals surface area contributed by atoms with Gasteiger partial charge in [0.05, 0.1) is 18.6 Å². The molecular weight excluding hydrogens is 514 g/mol. The number of hydrogen-bond donors (Lipinski definition) is 6. The highest BCUT2D eigenvalue weighted by Crippen LogP contribution is 2.32. The van der Waals surface area contributed by atoms with E-state index in [2.05, 4.69) is 15.0 Å². The number of imidazole rings is 1. The molecule has 0 amide bonds. The lowest BCUT2D eigenvalue weighted by atomic mass is 10.1. The Morgan fingerprint density at radius 2 is 1.92 bits per heavy atom. The fourth-order valence-corrected chi connectivity index (χ4v) is 5.48. The van der Waals surface area contributed by atoms with Crippen molar-refractivity contribution in [2.45, 2.75) is 49.5 Å². The quantitative estimate of drug-likeness (QED) is 0.152. The highest BCUT2D eigenvalue weighted by molar-refractivity contribution is 7.98. The summed E-state index contributed by atoms with van der Waals surface area (Å²) in [5.41, 5.74) is 17.2. The molecule has 2 aromatic heterocycles. The molecule has 202 valence electrons. The monoisotopic (exact) mass is 547 g/mol. The minimum atomic E-state index is -1.16. The number of aliphatic hydroxyl groups excluding tert-OH is 2. The lowest BCUT2D eigenvalue weighted by Gasteiger charge is -2.16. The molecule has 0 radical (unpaired) electrons. The van der Waals surface area contributed by atoms with Crippen LogP contribution in [0.15, 0.2) is 12.7 Å². The third-order valence-corrected chi connectivity index (χ3v) is 7.95. The molecule has 1 fully saturated rings. The highest BCUT2D eigenvalue weighted by atomic mass is 32.2. The molecule has 1 unspecified atom stereocenters. The van der Waals surface area contributed by atoms with Crippen molar-refractivity contribution < 1.29 is 34.8 Å². The van der Waals surface area contributed by atoms with Crippen molar-refractivity contribution in [3.8, 4) is 0 Å². The van der Waals surface area contributed by atoms with Crippen LogP contribution in [0.4, 0.5) is 5.82 Å². The lowest BCUT2D eigenvalue weighted by molar-refractivity contribution is -0.307.